The number of rotatable bonds is 6. The lowest BCUT2D eigenvalue weighted by Crippen LogP contribution is -2.47. The Labute approximate surface area is 100 Å². The molecule has 2 unspecified atom stereocenters. The van der Waals surface area contributed by atoms with Crippen LogP contribution in [-0.2, 0) is 9.53 Å². The van der Waals surface area contributed by atoms with E-state index in [0.717, 1.165) is 19.4 Å². The van der Waals surface area contributed by atoms with Gasteiger partial charge < -0.3 is 15.4 Å². The maximum atomic E-state index is 11.8. The van der Waals surface area contributed by atoms with Crippen LogP contribution in [0.3, 0.4) is 0 Å². The second kappa shape index (κ2) is 7.55. The summed E-state index contributed by atoms with van der Waals surface area (Å²) in [5, 5.41) is 5.95. The summed E-state index contributed by atoms with van der Waals surface area (Å²) in [4.78, 5) is 11.8. The summed E-state index contributed by atoms with van der Waals surface area (Å²) in [6, 6.07) is 0.172. The van der Waals surface area contributed by atoms with Gasteiger partial charge in [0.25, 0.3) is 6.43 Å². The lowest BCUT2D eigenvalue weighted by molar-refractivity contribution is -0.126. The Balaban J connectivity index is 2.11. The van der Waals surface area contributed by atoms with Crippen LogP contribution in [0.25, 0.3) is 0 Å². The first-order chi connectivity index (χ1) is 8.11. The Morgan fingerprint density at radius 1 is 1.59 bits per heavy atom. The third-order valence-corrected chi connectivity index (χ3v) is 2.89. The predicted octanol–water partition coefficient (Wildman–Crippen LogP) is 0.772. The van der Waals surface area contributed by atoms with Gasteiger partial charge in [0.05, 0.1) is 12.5 Å². The van der Waals surface area contributed by atoms with Crippen molar-refractivity contribution >= 4 is 5.91 Å². The van der Waals surface area contributed by atoms with Crippen molar-refractivity contribution in [3.8, 4) is 0 Å². The zero-order valence-electron chi connectivity index (χ0n) is 10.0. The van der Waals surface area contributed by atoms with Gasteiger partial charge in [-0.2, -0.15) is 0 Å². The fourth-order valence-electron chi connectivity index (χ4n) is 1.95. The molecular weight excluding hydrogens is 230 g/mol. The topological polar surface area (TPSA) is 50.4 Å². The van der Waals surface area contributed by atoms with Crippen LogP contribution in [0, 0.1) is 5.92 Å². The standard InChI is InChI=1S/C11H20F2N2O2/c1-8-9(3-2-4-14-8)11(16)15-5-6-17-7-10(12)13/h8-10,14H,2-7H2,1H3,(H,15,16). The minimum atomic E-state index is -2.45. The molecule has 0 aromatic rings. The summed E-state index contributed by atoms with van der Waals surface area (Å²) in [5.41, 5.74) is 0. The SMILES string of the molecule is CC1NCCCC1C(=O)NCCOCC(F)F. The second-order valence-electron chi connectivity index (χ2n) is 4.25. The van der Waals surface area contributed by atoms with Crippen molar-refractivity contribution in [2.24, 2.45) is 5.92 Å². The first-order valence-corrected chi connectivity index (χ1v) is 5.98. The first-order valence-electron chi connectivity index (χ1n) is 5.98. The van der Waals surface area contributed by atoms with Gasteiger partial charge in [-0.3, -0.25) is 4.79 Å². The fraction of sp³-hybridized carbons (Fsp3) is 0.909. The highest BCUT2D eigenvalue weighted by atomic mass is 19.3. The number of hydrogen-bond acceptors (Lipinski definition) is 3. The molecule has 0 spiro atoms. The van der Waals surface area contributed by atoms with Crippen LogP contribution in [0.15, 0.2) is 0 Å². The van der Waals surface area contributed by atoms with Gasteiger partial charge in [-0.15, -0.1) is 0 Å². The van der Waals surface area contributed by atoms with E-state index in [9.17, 15) is 13.6 Å². The third kappa shape index (κ3) is 5.41. The van der Waals surface area contributed by atoms with Crippen molar-refractivity contribution in [1.82, 2.24) is 10.6 Å². The molecule has 0 saturated carbocycles. The van der Waals surface area contributed by atoms with Crippen LogP contribution in [0.5, 0.6) is 0 Å². The number of ether oxygens (including phenoxy) is 1. The minimum Gasteiger partial charge on any atom is -0.374 e. The number of nitrogens with one attached hydrogen (secondary N) is 2. The van der Waals surface area contributed by atoms with Crippen LogP contribution >= 0.6 is 0 Å². The molecule has 1 fully saturated rings. The van der Waals surface area contributed by atoms with Gasteiger partial charge in [0.15, 0.2) is 0 Å². The molecule has 1 saturated heterocycles. The van der Waals surface area contributed by atoms with Gasteiger partial charge in [0, 0.05) is 12.6 Å². The molecule has 6 heteroatoms. The second-order valence-corrected chi connectivity index (χ2v) is 4.25. The van der Waals surface area contributed by atoms with E-state index in [4.69, 9.17) is 0 Å². The van der Waals surface area contributed by atoms with E-state index < -0.39 is 13.0 Å². The zero-order chi connectivity index (χ0) is 12.7. The molecule has 1 aliphatic rings. The Hall–Kier alpha value is -0.750. The lowest BCUT2D eigenvalue weighted by atomic mass is 9.91. The smallest absolute Gasteiger partial charge is 0.261 e. The number of piperidine rings is 1. The summed E-state index contributed by atoms with van der Waals surface area (Å²) in [5.74, 6) is -0.0517. The molecule has 17 heavy (non-hydrogen) atoms. The number of amides is 1. The molecule has 100 valence electrons. The van der Waals surface area contributed by atoms with Crippen LogP contribution in [0.4, 0.5) is 8.78 Å². The van der Waals surface area contributed by atoms with E-state index in [1.54, 1.807) is 0 Å². The molecule has 1 aliphatic heterocycles. The number of alkyl halides is 2. The fourth-order valence-corrected chi connectivity index (χ4v) is 1.95. The monoisotopic (exact) mass is 250 g/mol. The largest absolute Gasteiger partial charge is 0.374 e. The van der Waals surface area contributed by atoms with Crippen LogP contribution < -0.4 is 10.6 Å². The van der Waals surface area contributed by atoms with Crippen molar-refractivity contribution in [3.05, 3.63) is 0 Å². The number of halogens is 2. The summed E-state index contributed by atoms with van der Waals surface area (Å²) in [6.07, 6.45) is -0.587. The summed E-state index contributed by atoms with van der Waals surface area (Å²) < 4.78 is 28.2. The third-order valence-electron chi connectivity index (χ3n) is 2.89. The van der Waals surface area contributed by atoms with Gasteiger partial charge in [0.1, 0.15) is 6.61 Å². The van der Waals surface area contributed by atoms with E-state index in [1.807, 2.05) is 6.92 Å². The maximum absolute atomic E-state index is 11.8. The van der Waals surface area contributed by atoms with Gasteiger partial charge in [-0.25, -0.2) is 8.78 Å². The number of carbonyl (C=O) groups excluding carboxylic acids is 1. The highest BCUT2D eigenvalue weighted by molar-refractivity contribution is 5.79. The van der Waals surface area contributed by atoms with E-state index in [1.165, 1.54) is 0 Å². The zero-order valence-corrected chi connectivity index (χ0v) is 10.0. The van der Waals surface area contributed by atoms with Gasteiger partial charge in [0.2, 0.25) is 5.91 Å². The highest BCUT2D eigenvalue weighted by Crippen LogP contribution is 2.15. The van der Waals surface area contributed by atoms with Crippen molar-refractivity contribution < 1.29 is 18.3 Å². The average molecular weight is 250 g/mol. The Kier molecular flexibility index (Phi) is 6.36. The molecule has 2 N–H and O–H groups in total. The molecule has 0 bridgehead atoms. The normalized spacial score (nSPS) is 24.9. The van der Waals surface area contributed by atoms with Crippen molar-refractivity contribution in [2.75, 3.05) is 26.3 Å². The van der Waals surface area contributed by atoms with Crippen molar-refractivity contribution in [2.45, 2.75) is 32.2 Å². The minimum absolute atomic E-state index is 0.0228. The van der Waals surface area contributed by atoms with Crippen LogP contribution in [0.1, 0.15) is 19.8 Å². The average Bonchev–Trinajstić information content (AvgIpc) is 2.28. The van der Waals surface area contributed by atoms with Gasteiger partial charge in [-0.05, 0) is 26.3 Å². The molecule has 0 aliphatic carbocycles. The van der Waals surface area contributed by atoms with E-state index in [0.29, 0.717) is 0 Å². The van der Waals surface area contributed by atoms with Crippen LogP contribution in [0.2, 0.25) is 0 Å². The Morgan fingerprint density at radius 2 is 2.35 bits per heavy atom. The summed E-state index contributed by atoms with van der Waals surface area (Å²) >= 11 is 0. The van der Waals surface area contributed by atoms with Gasteiger partial charge >= 0.3 is 0 Å². The molecule has 1 amide bonds. The maximum Gasteiger partial charge on any atom is 0.261 e. The molecular formula is C11H20F2N2O2. The summed E-state index contributed by atoms with van der Waals surface area (Å²) in [6.45, 7) is 2.77. The molecule has 1 rings (SSSR count). The highest BCUT2D eigenvalue weighted by Gasteiger charge is 2.26. The van der Waals surface area contributed by atoms with E-state index >= 15 is 0 Å². The molecule has 1 heterocycles. The summed E-state index contributed by atoms with van der Waals surface area (Å²) in [7, 11) is 0. The Morgan fingerprint density at radius 3 is 3.00 bits per heavy atom. The van der Waals surface area contributed by atoms with Crippen LogP contribution in [-0.4, -0.2) is 44.7 Å². The molecule has 0 aromatic carbocycles. The molecule has 0 radical (unpaired) electrons. The molecule has 4 nitrogen and oxygen atoms in total. The Bertz CT molecular complexity index is 240. The molecule has 0 aromatic heterocycles. The quantitative estimate of drug-likeness (QED) is 0.685. The molecule has 2 atom stereocenters. The van der Waals surface area contributed by atoms with Crippen molar-refractivity contribution in [1.29, 1.82) is 0 Å². The first kappa shape index (κ1) is 14.3. The predicted molar refractivity (Wildman–Crippen MR) is 60.0 cm³/mol. The van der Waals surface area contributed by atoms with E-state index in [-0.39, 0.29) is 31.0 Å². The number of hydrogen-bond donors (Lipinski definition) is 2. The lowest BCUT2D eigenvalue weighted by Gasteiger charge is -2.28. The number of carbonyl (C=O) groups is 1. The van der Waals surface area contributed by atoms with Gasteiger partial charge in [-0.1, -0.05) is 0 Å². The van der Waals surface area contributed by atoms with Crippen molar-refractivity contribution in [3.63, 3.8) is 0 Å². The van der Waals surface area contributed by atoms with E-state index in [2.05, 4.69) is 15.4 Å².